The maximum Gasteiger partial charge on any atom is 0.410 e. The molecule has 2 N–H and O–H groups in total. The molecule has 10 heteroatoms. The van der Waals surface area contributed by atoms with Crippen LogP contribution in [0.5, 0.6) is 0 Å². The summed E-state index contributed by atoms with van der Waals surface area (Å²) in [7, 11) is 0. The third-order valence-electron chi connectivity index (χ3n) is 5.71. The highest BCUT2D eigenvalue weighted by Gasteiger charge is 2.47. The van der Waals surface area contributed by atoms with E-state index in [1.165, 1.54) is 6.07 Å². The highest BCUT2D eigenvalue weighted by atomic mass is 19.4. The topological polar surface area (TPSA) is 59.0 Å². The third kappa shape index (κ3) is 4.69. The van der Waals surface area contributed by atoms with E-state index in [1.807, 2.05) is 19.1 Å². The SMILES string of the molecule is CCc1ccc([C@H]2C[C@@H](C(F)(F)F)n3ncc(C(=O)NCc4ccc(F)c(F)c4)c3N2)cc1. The van der Waals surface area contributed by atoms with Gasteiger partial charge < -0.3 is 10.6 Å². The average Bonchev–Trinajstić information content (AvgIpc) is 3.22. The largest absolute Gasteiger partial charge is 0.410 e. The third-order valence-corrected chi connectivity index (χ3v) is 5.71. The summed E-state index contributed by atoms with van der Waals surface area (Å²) in [5, 5.41) is 9.37. The van der Waals surface area contributed by atoms with Crippen LogP contribution in [0.15, 0.2) is 48.7 Å². The zero-order valence-corrected chi connectivity index (χ0v) is 17.6. The van der Waals surface area contributed by atoms with Gasteiger partial charge in [-0.1, -0.05) is 37.3 Å². The van der Waals surface area contributed by atoms with Crippen molar-refractivity contribution >= 4 is 11.7 Å². The van der Waals surface area contributed by atoms with Crippen molar-refractivity contribution in [3.63, 3.8) is 0 Å². The summed E-state index contributed by atoms with van der Waals surface area (Å²) in [4.78, 5) is 12.7. The molecule has 4 rings (SSSR count). The summed E-state index contributed by atoms with van der Waals surface area (Å²) in [6, 6.07) is 7.88. The predicted molar refractivity (Wildman–Crippen MR) is 112 cm³/mol. The quantitative estimate of drug-likeness (QED) is 0.503. The number of nitrogens with zero attached hydrogens (tertiary/aromatic N) is 2. The Hall–Kier alpha value is -3.43. The minimum absolute atomic E-state index is 0.0454. The smallest absolute Gasteiger partial charge is 0.363 e. The number of rotatable bonds is 5. The van der Waals surface area contributed by atoms with Gasteiger partial charge in [0.1, 0.15) is 11.4 Å². The highest BCUT2D eigenvalue weighted by molar-refractivity contribution is 5.98. The minimum Gasteiger partial charge on any atom is -0.363 e. The number of benzene rings is 2. The summed E-state index contributed by atoms with van der Waals surface area (Å²) in [6.07, 6.45) is -2.97. The molecule has 0 spiro atoms. The van der Waals surface area contributed by atoms with E-state index in [9.17, 15) is 26.7 Å². The molecule has 33 heavy (non-hydrogen) atoms. The Morgan fingerprint density at radius 1 is 1.12 bits per heavy atom. The second-order valence-corrected chi connectivity index (χ2v) is 7.87. The first kappa shape index (κ1) is 22.8. The normalized spacial score (nSPS) is 17.9. The second-order valence-electron chi connectivity index (χ2n) is 7.87. The Morgan fingerprint density at radius 2 is 1.82 bits per heavy atom. The van der Waals surface area contributed by atoms with Gasteiger partial charge in [0, 0.05) is 13.0 Å². The summed E-state index contributed by atoms with van der Waals surface area (Å²) in [5.41, 5.74) is 1.96. The Labute approximate surface area is 186 Å². The number of anilines is 1. The Kier molecular flexibility index (Phi) is 6.09. The van der Waals surface area contributed by atoms with Gasteiger partial charge in [0.15, 0.2) is 17.7 Å². The number of nitrogens with one attached hydrogen (secondary N) is 2. The lowest BCUT2D eigenvalue weighted by Gasteiger charge is -2.34. The number of hydrogen-bond acceptors (Lipinski definition) is 3. The highest BCUT2D eigenvalue weighted by Crippen LogP contribution is 2.44. The molecule has 174 valence electrons. The second kappa shape index (κ2) is 8.84. The van der Waals surface area contributed by atoms with E-state index < -0.39 is 35.8 Å². The lowest BCUT2D eigenvalue weighted by atomic mass is 9.95. The van der Waals surface area contributed by atoms with Crippen LogP contribution < -0.4 is 10.6 Å². The van der Waals surface area contributed by atoms with Gasteiger partial charge in [0.05, 0.1) is 12.2 Å². The summed E-state index contributed by atoms with van der Waals surface area (Å²) in [6.45, 7) is 1.85. The van der Waals surface area contributed by atoms with Crippen LogP contribution in [0.3, 0.4) is 0 Å². The monoisotopic (exact) mass is 464 g/mol. The van der Waals surface area contributed by atoms with E-state index in [2.05, 4.69) is 15.7 Å². The van der Waals surface area contributed by atoms with Crippen LogP contribution in [0, 0.1) is 11.6 Å². The van der Waals surface area contributed by atoms with Crippen LogP contribution in [0.2, 0.25) is 0 Å². The van der Waals surface area contributed by atoms with Crippen molar-refractivity contribution in [3.8, 4) is 0 Å². The number of aryl methyl sites for hydroxylation is 1. The first-order chi connectivity index (χ1) is 15.7. The lowest BCUT2D eigenvalue weighted by molar-refractivity contribution is -0.173. The molecule has 0 saturated carbocycles. The fourth-order valence-corrected chi connectivity index (χ4v) is 3.86. The van der Waals surface area contributed by atoms with Gasteiger partial charge in [-0.05, 0) is 35.2 Å². The Balaban J connectivity index is 1.60. The fourth-order valence-electron chi connectivity index (χ4n) is 3.86. The molecule has 1 aromatic heterocycles. The molecule has 0 fully saturated rings. The van der Waals surface area contributed by atoms with Crippen LogP contribution in [0.4, 0.5) is 27.8 Å². The van der Waals surface area contributed by atoms with Crippen LogP contribution in [0.1, 0.15) is 52.5 Å². The zero-order chi connectivity index (χ0) is 23.8. The van der Waals surface area contributed by atoms with Crippen molar-refractivity contribution in [1.29, 1.82) is 0 Å². The van der Waals surface area contributed by atoms with Crippen molar-refractivity contribution in [2.45, 2.75) is 44.6 Å². The van der Waals surface area contributed by atoms with Gasteiger partial charge in [0.2, 0.25) is 0 Å². The van der Waals surface area contributed by atoms with Gasteiger partial charge >= 0.3 is 6.18 Å². The predicted octanol–water partition coefficient (Wildman–Crippen LogP) is 5.31. The number of aromatic nitrogens is 2. The molecule has 2 atom stereocenters. The van der Waals surface area contributed by atoms with Gasteiger partial charge in [-0.3, -0.25) is 4.79 Å². The van der Waals surface area contributed by atoms with Gasteiger partial charge in [-0.2, -0.15) is 18.3 Å². The van der Waals surface area contributed by atoms with E-state index in [0.717, 1.165) is 35.0 Å². The zero-order valence-electron chi connectivity index (χ0n) is 17.6. The molecule has 0 saturated heterocycles. The molecule has 2 heterocycles. The molecule has 1 aliphatic rings. The van der Waals surface area contributed by atoms with E-state index in [0.29, 0.717) is 11.1 Å². The van der Waals surface area contributed by atoms with Gasteiger partial charge in [-0.15, -0.1) is 0 Å². The number of alkyl halides is 3. The van der Waals surface area contributed by atoms with Crippen LogP contribution >= 0.6 is 0 Å². The van der Waals surface area contributed by atoms with Gasteiger partial charge in [0.25, 0.3) is 5.91 Å². The standard InChI is InChI=1S/C23H21F5N4O/c1-2-13-3-6-15(7-4-13)19-10-20(23(26,27)28)32-21(31-19)16(12-30-32)22(33)29-11-14-5-8-17(24)18(25)9-14/h3-9,12,19-20,31H,2,10-11H2,1H3,(H,29,33)/t19-,20+/m1/s1. The lowest BCUT2D eigenvalue weighted by Crippen LogP contribution is -2.36. The van der Waals surface area contributed by atoms with Crippen molar-refractivity contribution in [2.75, 3.05) is 5.32 Å². The number of carbonyl (C=O) groups excluding carboxylic acids is 1. The van der Waals surface area contributed by atoms with Crippen molar-refractivity contribution < 1.29 is 26.7 Å². The van der Waals surface area contributed by atoms with Crippen LogP contribution in [0.25, 0.3) is 0 Å². The fraction of sp³-hybridized carbons (Fsp3) is 0.304. The summed E-state index contributed by atoms with van der Waals surface area (Å²) < 4.78 is 68.7. The molecular formula is C23H21F5N4O. The number of carbonyl (C=O) groups is 1. The molecule has 0 aliphatic carbocycles. The maximum absolute atomic E-state index is 13.8. The molecule has 2 aromatic carbocycles. The Morgan fingerprint density at radius 3 is 2.45 bits per heavy atom. The molecule has 5 nitrogen and oxygen atoms in total. The number of hydrogen-bond donors (Lipinski definition) is 2. The van der Waals surface area contributed by atoms with Crippen molar-refractivity contribution in [2.24, 2.45) is 0 Å². The minimum atomic E-state index is -4.57. The van der Waals surface area contributed by atoms with E-state index >= 15 is 0 Å². The summed E-state index contributed by atoms with van der Waals surface area (Å²) in [5.74, 6) is -2.81. The van der Waals surface area contributed by atoms with E-state index in [4.69, 9.17) is 0 Å². The van der Waals surface area contributed by atoms with Crippen molar-refractivity contribution in [1.82, 2.24) is 15.1 Å². The number of amides is 1. The average molecular weight is 464 g/mol. The van der Waals surface area contributed by atoms with E-state index in [-0.39, 0.29) is 24.3 Å². The molecular weight excluding hydrogens is 443 g/mol. The molecule has 0 radical (unpaired) electrons. The van der Waals surface area contributed by atoms with Crippen LogP contribution in [-0.4, -0.2) is 21.9 Å². The Bertz CT molecular complexity index is 1160. The molecule has 0 unspecified atom stereocenters. The molecule has 0 bridgehead atoms. The molecule has 3 aromatic rings. The first-order valence-corrected chi connectivity index (χ1v) is 10.4. The number of halogens is 5. The summed E-state index contributed by atoms with van der Waals surface area (Å²) >= 11 is 0. The first-order valence-electron chi connectivity index (χ1n) is 10.4. The van der Waals surface area contributed by atoms with Crippen molar-refractivity contribution in [3.05, 3.63) is 82.5 Å². The van der Waals surface area contributed by atoms with E-state index in [1.54, 1.807) is 12.1 Å². The maximum atomic E-state index is 13.8. The van der Waals surface area contributed by atoms with Gasteiger partial charge in [-0.25, -0.2) is 13.5 Å². The molecule has 1 amide bonds. The van der Waals surface area contributed by atoms with Crippen LogP contribution in [-0.2, 0) is 13.0 Å². The molecule has 1 aliphatic heterocycles. The number of fused-ring (bicyclic) bond motifs is 1.